The molecule has 4 nitrogen and oxygen atoms in total. The SMILES string of the molecule is Cc1ccc(-n2ccc(CC(N)=O)n2)cc1. The van der Waals surface area contributed by atoms with Crippen molar-refractivity contribution in [1.29, 1.82) is 0 Å². The number of hydrogen-bond donors (Lipinski definition) is 1. The van der Waals surface area contributed by atoms with Crippen LogP contribution in [0, 0.1) is 6.92 Å². The summed E-state index contributed by atoms with van der Waals surface area (Å²) in [4.78, 5) is 10.7. The Hall–Kier alpha value is -2.10. The predicted octanol–water partition coefficient (Wildman–Crippen LogP) is 1.21. The molecule has 0 aliphatic carbocycles. The quantitative estimate of drug-likeness (QED) is 0.836. The van der Waals surface area contributed by atoms with E-state index in [-0.39, 0.29) is 12.3 Å². The Kier molecular flexibility index (Phi) is 2.72. The molecule has 0 spiro atoms. The van der Waals surface area contributed by atoms with Crippen molar-refractivity contribution in [1.82, 2.24) is 9.78 Å². The summed E-state index contributed by atoms with van der Waals surface area (Å²) in [6.07, 6.45) is 2.00. The lowest BCUT2D eigenvalue weighted by molar-refractivity contribution is -0.117. The van der Waals surface area contributed by atoms with Crippen molar-refractivity contribution in [2.45, 2.75) is 13.3 Å². The van der Waals surface area contributed by atoms with Crippen LogP contribution in [-0.4, -0.2) is 15.7 Å². The van der Waals surface area contributed by atoms with Gasteiger partial charge in [-0.05, 0) is 25.1 Å². The second-order valence-corrected chi connectivity index (χ2v) is 3.73. The van der Waals surface area contributed by atoms with Gasteiger partial charge in [0.1, 0.15) is 0 Å². The number of benzene rings is 1. The van der Waals surface area contributed by atoms with E-state index in [4.69, 9.17) is 5.73 Å². The maximum atomic E-state index is 10.7. The molecule has 0 aliphatic rings. The fourth-order valence-electron chi connectivity index (χ4n) is 1.48. The molecule has 4 heteroatoms. The largest absolute Gasteiger partial charge is 0.369 e. The van der Waals surface area contributed by atoms with Gasteiger partial charge < -0.3 is 5.73 Å². The first-order valence-electron chi connectivity index (χ1n) is 5.05. The number of amides is 1. The van der Waals surface area contributed by atoms with Crippen LogP contribution in [0.3, 0.4) is 0 Å². The first kappa shape index (κ1) is 10.4. The number of nitrogens with zero attached hydrogens (tertiary/aromatic N) is 2. The highest BCUT2D eigenvalue weighted by atomic mass is 16.1. The monoisotopic (exact) mass is 215 g/mol. The summed E-state index contributed by atoms with van der Waals surface area (Å²) in [6, 6.07) is 9.80. The topological polar surface area (TPSA) is 60.9 Å². The van der Waals surface area contributed by atoms with Crippen LogP contribution in [0.2, 0.25) is 0 Å². The van der Waals surface area contributed by atoms with E-state index in [1.165, 1.54) is 5.56 Å². The van der Waals surface area contributed by atoms with Crippen molar-refractivity contribution < 1.29 is 4.79 Å². The van der Waals surface area contributed by atoms with E-state index in [0.29, 0.717) is 5.69 Å². The van der Waals surface area contributed by atoms with Crippen LogP contribution in [0.5, 0.6) is 0 Å². The lowest BCUT2D eigenvalue weighted by Gasteiger charge is -2.01. The number of aromatic nitrogens is 2. The molecular weight excluding hydrogens is 202 g/mol. The molecule has 1 aromatic heterocycles. The third kappa shape index (κ3) is 2.28. The number of rotatable bonds is 3. The molecule has 0 bridgehead atoms. The van der Waals surface area contributed by atoms with Gasteiger partial charge in [-0.3, -0.25) is 4.79 Å². The van der Waals surface area contributed by atoms with E-state index in [2.05, 4.69) is 5.10 Å². The Bertz CT molecular complexity index is 499. The molecule has 2 rings (SSSR count). The molecule has 0 fully saturated rings. The van der Waals surface area contributed by atoms with Gasteiger partial charge in [-0.1, -0.05) is 17.7 Å². The van der Waals surface area contributed by atoms with Crippen LogP contribution < -0.4 is 5.73 Å². The van der Waals surface area contributed by atoms with Gasteiger partial charge in [-0.15, -0.1) is 0 Å². The minimum absolute atomic E-state index is 0.179. The summed E-state index contributed by atoms with van der Waals surface area (Å²) in [7, 11) is 0. The Morgan fingerprint density at radius 2 is 2.00 bits per heavy atom. The molecule has 1 amide bonds. The van der Waals surface area contributed by atoms with Gasteiger partial charge in [0.05, 0.1) is 17.8 Å². The molecule has 2 N–H and O–H groups in total. The second-order valence-electron chi connectivity index (χ2n) is 3.73. The zero-order valence-corrected chi connectivity index (χ0v) is 9.05. The Morgan fingerprint density at radius 3 is 2.62 bits per heavy atom. The van der Waals surface area contributed by atoms with Crippen LogP contribution in [0.15, 0.2) is 36.5 Å². The molecule has 16 heavy (non-hydrogen) atoms. The predicted molar refractivity (Wildman–Crippen MR) is 61.2 cm³/mol. The minimum Gasteiger partial charge on any atom is -0.369 e. The van der Waals surface area contributed by atoms with Crippen LogP contribution in [-0.2, 0) is 11.2 Å². The zero-order valence-electron chi connectivity index (χ0n) is 9.05. The smallest absolute Gasteiger partial charge is 0.223 e. The van der Waals surface area contributed by atoms with Gasteiger partial charge in [0.2, 0.25) is 5.91 Å². The standard InChI is InChI=1S/C12H13N3O/c1-9-2-4-11(5-3-9)15-7-6-10(14-15)8-12(13)16/h2-7H,8H2,1H3,(H2,13,16). The summed E-state index contributed by atoms with van der Waals surface area (Å²) in [5, 5.41) is 4.27. The summed E-state index contributed by atoms with van der Waals surface area (Å²) in [6.45, 7) is 2.03. The average molecular weight is 215 g/mol. The van der Waals surface area contributed by atoms with Crippen LogP contribution >= 0.6 is 0 Å². The van der Waals surface area contributed by atoms with Gasteiger partial charge >= 0.3 is 0 Å². The van der Waals surface area contributed by atoms with Crippen molar-refractivity contribution in [3.8, 4) is 5.69 Å². The molecule has 1 aromatic carbocycles. The zero-order chi connectivity index (χ0) is 11.5. The number of carbonyl (C=O) groups excluding carboxylic acids is 1. The fourth-order valence-corrected chi connectivity index (χ4v) is 1.48. The van der Waals surface area contributed by atoms with Gasteiger partial charge in [0.25, 0.3) is 0 Å². The third-order valence-electron chi connectivity index (χ3n) is 2.30. The number of carbonyl (C=O) groups is 1. The molecule has 82 valence electrons. The summed E-state index contributed by atoms with van der Waals surface area (Å²) in [5.74, 6) is -0.367. The van der Waals surface area contributed by atoms with Crippen molar-refractivity contribution in [2.24, 2.45) is 5.73 Å². The Balaban J connectivity index is 2.24. The molecule has 0 saturated carbocycles. The lowest BCUT2D eigenvalue weighted by Crippen LogP contribution is -2.14. The van der Waals surface area contributed by atoms with E-state index in [0.717, 1.165) is 5.69 Å². The first-order chi connectivity index (χ1) is 7.65. The van der Waals surface area contributed by atoms with Crippen molar-refractivity contribution in [3.63, 3.8) is 0 Å². The van der Waals surface area contributed by atoms with E-state index in [1.54, 1.807) is 10.7 Å². The molecule has 2 aromatic rings. The third-order valence-corrected chi connectivity index (χ3v) is 2.30. The lowest BCUT2D eigenvalue weighted by atomic mass is 10.2. The average Bonchev–Trinajstić information content (AvgIpc) is 2.66. The maximum Gasteiger partial charge on any atom is 0.223 e. The molecule has 0 aliphatic heterocycles. The minimum atomic E-state index is -0.367. The highest BCUT2D eigenvalue weighted by Crippen LogP contribution is 2.09. The fraction of sp³-hybridized carbons (Fsp3) is 0.167. The van der Waals surface area contributed by atoms with Gasteiger partial charge in [-0.2, -0.15) is 5.10 Å². The number of hydrogen-bond acceptors (Lipinski definition) is 2. The van der Waals surface area contributed by atoms with E-state index < -0.39 is 0 Å². The Labute approximate surface area is 93.7 Å². The highest BCUT2D eigenvalue weighted by Gasteiger charge is 2.03. The normalized spacial score (nSPS) is 10.3. The maximum absolute atomic E-state index is 10.7. The molecular formula is C12H13N3O. The molecule has 0 saturated heterocycles. The van der Waals surface area contributed by atoms with Crippen molar-refractivity contribution in [2.75, 3.05) is 0 Å². The van der Waals surface area contributed by atoms with E-state index in [9.17, 15) is 4.79 Å². The number of aryl methyl sites for hydroxylation is 1. The molecule has 0 radical (unpaired) electrons. The summed E-state index contributed by atoms with van der Waals surface area (Å²) >= 11 is 0. The number of nitrogens with two attached hydrogens (primary N) is 1. The Morgan fingerprint density at radius 1 is 1.31 bits per heavy atom. The summed E-state index contributed by atoms with van der Waals surface area (Å²) < 4.78 is 1.73. The molecule has 0 unspecified atom stereocenters. The van der Waals surface area contributed by atoms with Crippen molar-refractivity contribution in [3.05, 3.63) is 47.8 Å². The van der Waals surface area contributed by atoms with Gasteiger partial charge in [0, 0.05) is 6.20 Å². The van der Waals surface area contributed by atoms with Crippen LogP contribution in [0.4, 0.5) is 0 Å². The van der Waals surface area contributed by atoms with Gasteiger partial charge in [0.15, 0.2) is 0 Å². The summed E-state index contributed by atoms with van der Waals surface area (Å²) in [5.41, 5.74) is 7.97. The van der Waals surface area contributed by atoms with Gasteiger partial charge in [-0.25, -0.2) is 4.68 Å². The second kappa shape index (κ2) is 4.18. The first-order valence-corrected chi connectivity index (χ1v) is 5.05. The molecule has 1 heterocycles. The molecule has 0 atom stereocenters. The van der Waals surface area contributed by atoms with E-state index in [1.807, 2.05) is 37.4 Å². The van der Waals surface area contributed by atoms with E-state index >= 15 is 0 Å². The highest BCUT2D eigenvalue weighted by molar-refractivity contribution is 5.76. The number of primary amides is 1. The van der Waals surface area contributed by atoms with Crippen LogP contribution in [0.25, 0.3) is 5.69 Å². The van der Waals surface area contributed by atoms with Crippen molar-refractivity contribution >= 4 is 5.91 Å². The van der Waals surface area contributed by atoms with Crippen LogP contribution in [0.1, 0.15) is 11.3 Å².